The van der Waals surface area contributed by atoms with Crippen molar-refractivity contribution in [3.05, 3.63) is 0 Å². The average Bonchev–Trinajstić information content (AvgIpc) is 1.00. The van der Waals surface area contributed by atoms with Crippen LogP contribution in [0.1, 0.15) is 0 Å². The molecule has 0 spiro atoms. The van der Waals surface area contributed by atoms with Gasteiger partial charge in [-0.25, -0.2) is 0 Å². The molecular formula is CoCrFeMoNi. The second kappa shape index (κ2) is 29.6. The molecule has 0 rings (SSSR count). The molecule has 0 atom stereocenters. The first kappa shape index (κ1) is 25.1. The van der Waals surface area contributed by atoms with Gasteiger partial charge >= 0.3 is 28.6 Å². The van der Waals surface area contributed by atoms with Crippen molar-refractivity contribution >= 4 is 0 Å². The van der Waals surface area contributed by atoms with Crippen LogP contribution in [0.4, 0.5) is 0 Å². The van der Waals surface area contributed by atoms with Gasteiger partial charge in [0, 0.05) is 54.3 Å². The fourth-order valence-corrected chi connectivity index (χ4v) is 0. The molecule has 0 aromatic carbocycles. The van der Waals surface area contributed by atoms with Gasteiger partial charge in [-0.3, -0.25) is 0 Å². The van der Waals surface area contributed by atoms with Crippen molar-refractivity contribution in [2.24, 2.45) is 0 Å². The van der Waals surface area contributed by atoms with E-state index in [1.807, 2.05) is 0 Å². The van der Waals surface area contributed by atoms with Crippen LogP contribution in [0.3, 0.4) is 0 Å². The van der Waals surface area contributed by atoms with Crippen LogP contribution in [0.2, 0.25) is 0 Å². The number of hydrogen-bond donors (Lipinski definition) is 0. The molecule has 0 bridgehead atoms. The third-order valence-corrected chi connectivity index (χ3v) is 0. The van der Waals surface area contributed by atoms with Crippen molar-refractivity contribution in [1.82, 2.24) is 0 Å². The van der Waals surface area contributed by atoms with Crippen LogP contribution in [0.5, 0.6) is 0 Å². The van der Waals surface area contributed by atoms with Gasteiger partial charge in [-0.15, -0.1) is 0 Å². The van der Waals surface area contributed by atoms with Gasteiger partial charge in [0.1, 0.15) is 0 Å². The molecule has 0 aromatic heterocycles. The predicted molar refractivity (Wildman–Crippen MR) is 0 cm³/mol. The molecule has 1 radical (unpaired) electrons. The van der Waals surface area contributed by atoms with Crippen LogP contribution >= 0.6 is 0 Å². The first-order valence-corrected chi connectivity index (χ1v) is 2.45. The largest absolute Gasteiger partial charge is 0 e. The third kappa shape index (κ3) is 20.2. The van der Waals surface area contributed by atoms with Crippen molar-refractivity contribution in [2.45, 2.75) is 0 Å². The number of rotatable bonds is 0. The van der Waals surface area contributed by atoms with E-state index in [4.69, 9.17) is 0 Å². The average molecular weight is 321 g/mol. The molecule has 0 nitrogen and oxygen atoms in total. The normalized spacial score (nSPS) is 1.00. The first-order valence-electron chi connectivity index (χ1n) is 0.144. The van der Waals surface area contributed by atoms with Crippen LogP contribution in [-0.4, -0.2) is 0 Å². The maximum Gasteiger partial charge on any atom is 0 e. The van der Waals surface area contributed by atoms with Gasteiger partial charge in [0.15, 0.2) is 0 Å². The minimum absolute atomic E-state index is 0. The third-order valence-electron chi connectivity index (χ3n) is 0. The van der Waals surface area contributed by atoms with Gasteiger partial charge in [-0.1, -0.05) is 0 Å². The molecule has 39 valence electrons. The van der Waals surface area contributed by atoms with E-state index in [-0.39, 0.29) is 54.3 Å². The molecule has 0 aliphatic rings. The van der Waals surface area contributed by atoms with Gasteiger partial charge in [-0.05, 0) is 0 Å². The van der Waals surface area contributed by atoms with Crippen molar-refractivity contribution in [3.8, 4) is 0 Å². The van der Waals surface area contributed by atoms with Gasteiger partial charge < -0.3 is 0 Å². The molecule has 5 heavy (non-hydrogen) atoms. The second-order valence-corrected chi connectivity index (χ2v) is 0. The molecular weight excluding hydrogens is 321 g/mol. The summed E-state index contributed by atoms with van der Waals surface area (Å²) in [4.78, 5) is 0. The second-order valence-electron chi connectivity index (χ2n) is 0. The molecule has 0 saturated heterocycles. The zero-order valence-corrected chi connectivity index (χ0v) is 8.23. The Hall–Kier alpha value is 2.74. The first-order chi connectivity index (χ1) is 1.00. The Morgan fingerprint density at radius 2 is 1.20 bits per heavy atom. The minimum Gasteiger partial charge on any atom is 0 e. The van der Waals surface area contributed by atoms with Crippen molar-refractivity contribution in [3.63, 3.8) is 0 Å². The van der Waals surface area contributed by atoms with E-state index in [1.165, 1.54) is 0 Å². The van der Waals surface area contributed by atoms with E-state index in [2.05, 4.69) is 28.6 Å². The van der Waals surface area contributed by atoms with E-state index in [0.717, 1.165) is 0 Å². The van der Waals surface area contributed by atoms with E-state index in [1.54, 1.807) is 0 Å². The maximum atomic E-state index is 3.12. The Balaban J connectivity index is -0.00000000167. The summed E-state index contributed by atoms with van der Waals surface area (Å²) in [6.07, 6.45) is 0. The van der Waals surface area contributed by atoms with Crippen LogP contribution < -0.4 is 0 Å². The van der Waals surface area contributed by atoms with Gasteiger partial charge in [0.05, 0.1) is 0 Å². The maximum absolute atomic E-state index is 3.12. The standard InChI is InChI=1S/Co.Cr.Fe.Mo.Ni. The van der Waals surface area contributed by atoms with Crippen LogP contribution in [-0.2, 0) is 82.9 Å². The summed E-state index contributed by atoms with van der Waals surface area (Å²) in [7, 11) is 0. The summed E-state index contributed by atoms with van der Waals surface area (Å²) in [6, 6.07) is 0. The summed E-state index contributed by atoms with van der Waals surface area (Å²) in [5.41, 5.74) is 0. The van der Waals surface area contributed by atoms with Crippen molar-refractivity contribution in [1.29, 1.82) is 0 Å². The fourth-order valence-electron chi connectivity index (χ4n) is 0. The molecule has 0 aromatic rings. The zero-order valence-electron chi connectivity index (χ0n) is 1.82. The van der Waals surface area contributed by atoms with E-state index in [0.29, 0.717) is 0 Å². The smallest absolute Gasteiger partial charge is 0 e. The molecule has 0 aliphatic heterocycles. The molecule has 0 saturated carbocycles. The molecule has 0 heterocycles. The van der Waals surface area contributed by atoms with Crippen molar-refractivity contribution < 1.29 is 82.9 Å². The summed E-state index contributed by atoms with van der Waals surface area (Å²) in [5, 5.41) is 0. The van der Waals surface area contributed by atoms with Gasteiger partial charge in [0.2, 0.25) is 0 Å². The molecule has 0 N–H and O–H groups in total. The Morgan fingerprint density at radius 1 is 1.20 bits per heavy atom. The molecule has 0 unspecified atom stereocenters. The Morgan fingerprint density at radius 3 is 1.20 bits per heavy atom. The predicted octanol–water partition coefficient (Wildman–Crippen LogP) is -0.0125. The van der Waals surface area contributed by atoms with Crippen LogP contribution in [0.15, 0.2) is 0 Å². The SMILES string of the molecule is [Co].[Cr][Fe].[Mo].[Ni]. The van der Waals surface area contributed by atoms with Crippen molar-refractivity contribution in [2.75, 3.05) is 0 Å². The minimum atomic E-state index is 0. The van der Waals surface area contributed by atoms with Crippen LogP contribution in [0, 0.1) is 0 Å². The molecule has 5 heteroatoms. The Bertz CT molecular complexity index is 11.6. The molecule has 0 fully saturated rings. The van der Waals surface area contributed by atoms with E-state index < -0.39 is 0 Å². The van der Waals surface area contributed by atoms with Gasteiger partial charge in [0.25, 0.3) is 0 Å². The summed E-state index contributed by atoms with van der Waals surface area (Å²) in [6.45, 7) is 0. The van der Waals surface area contributed by atoms with E-state index >= 15 is 0 Å². The van der Waals surface area contributed by atoms with Crippen LogP contribution in [0.25, 0.3) is 0 Å². The summed E-state index contributed by atoms with van der Waals surface area (Å²) >= 11 is 5.50. The Kier molecular flexibility index (Phi) is 149. The zero-order chi connectivity index (χ0) is 2.00. The molecule has 0 amide bonds. The topological polar surface area (TPSA) is 0 Å². The molecule has 0 aliphatic carbocycles. The monoisotopic (exact) mass is 323 g/mol. The van der Waals surface area contributed by atoms with Gasteiger partial charge in [-0.2, -0.15) is 0 Å². The quantitative estimate of drug-likeness (QED) is 0.551. The fraction of sp³-hybridized carbons (Fsp3) is 0. The summed E-state index contributed by atoms with van der Waals surface area (Å²) in [5.74, 6) is 0. The number of hydrogen-bond acceptors (Lipinski definition) is 0. The Labute approximate surface area is 81.7 Å². The summed E-state index contributed by atoms with van der Waals surface area (Å²) < 4.78 is 0. The van der Waals surface area contributed by atoms with E-state index in [9.17, 15) is 0 Å².